The molecular weight excluding hydrogens is 304 g/mol. The largest absolute Gasteiger partial charge is 0.481 e. The molecule has 3 unspecified atom stereocenters. The minimum absolute atomic E-state index is 0.295. The summed E-state index contributed by atoms with van der Waals surface area (Å²) in [4.78, 5) is 23.9. The molecular formula is C17H21F2NO3. The molecule has 4 nitrogen and oxygen atoms in total. The van der Waals surface area contributed by atoms with E-state index >= 15 is 0 Å². The van der Waals surface area contributed by atoms with E-state index in [0.717, 1.165) is 25.0 Å². The number of carbonyl (C=O) groups excluding carboxylic acids is 1. The SMILES string of the molecule is CC(C(=O)NC1(C)CCCCC1C(=O)O)c1c(F)cccc1F. The molecule has 1 fully saturated rings. The van der Waals surface area contributed by atoms with E-state index in [2.05, 4.69) is 5.32 Å². The van der Waals surface area contributed by atoms with E-state index in [1.807, 2.05) is 0 Å². The number of carboxylic acid groups (broad SMARTS) is 1. The van der Waals surface area contributed by atoms with Crippen LogP contribution < -0.4 is 5.32 Å². The zero-order chi connectivity index (χ0) is 17.2. The van der Waals surface area contributed by atoms with Crippen molar-refractivity contribution in [2.75, 3.05) is 0 Å². The van der Waals surface area contributed by atoms with Crippen LogP contribution in [0.4, 0.5) is 8.78 Å². The van der Waals surface area contributed by atoms with Crippen LogP contribution >= 0.6 is 0 Å². The summed E-state index contributed by atoms with van der Waals surface area (Å²) in [6.07, 6.45) is 2.61. The Hall–Kier alpha value is -1.98. The molecule has 1 aromatic rings. The first-order valence-electron chi connectivity index (χ1n) is 7.75. The summed E-state index contributed by atoms with van der Waals surface area (Å²) in [5.41, 5.74) is -1.20. The van der Waals surface area contributed by atoms with Crippen molar-refractivity contribution in [2.45, 2.75) is 51.0 Å². The van der Waals surface area contributed by atoms with Crippen molar-refractivity contribution in [3.05, 3.63) is 35.4 Å². The Labute approximate surface area is 133 Å². The molecule has 0 heterocycles. The molecule has 0 radical (unpaired) electrons. The lowest BCUT2D eigenvalue weighted by molar-refractivity contribution is -0.146. The molecule has 6 heteroatoms. The molecule has 2 rings (SSSR count). The third kappa shape index (κ3) is 3.51. The average Bonchev–Trinajstić information content (AvgIpc) is 2.46. The average molecular weight is 325 g/mol. The van der Waals surface area contributed by atoms with Gasteiger partial charge < -0.3 is 10.4 Å². The van der Waals surface area contributed by atoms with Gasteiger partial charge in [-0.2, -0.15) is 0 Å². The predicted molar refractivity (Wildman–Crippen MR) is 80.9 cm³/mol. The van der Waals surface area contributed by atoms with Gasteiger partial charge in [-0.05, 0) is 38.8 Å². The minimum atomic E-state index is -1.04. The van der Waals surface area contributed by atoms with E-state index in [1.165, 1.54) is 13.0 Å². The zero-order valence-electron chi connectivity index (χ0n) is 13.2. The van der Waals surface area contributed by atoms with Crippen molar-refractivity contribution in [3.63, 3.8) is 0 Å². The summed E-state index contributed by atoms with van der Waals surface area (Å²) in [5.74, 6) is -4.82. The number of hydrogen-bond donors (Lipinski definition) is 2. The van der Waals surface area contributed by atoms with Crippen molar-refractivity contribution in [1.29, 1.82) is 0 Å². The summed E-state index contributed by atoms with van der Waals surface area (Å²) in [6, 6.07) is 3.44. The van der Waals surface area contributed by atoms with Crippen LogP contribution in [0.2, 0.25) is 0 Å². The monoisotopic (exact) mass is 325 g/mol. The molecule has 0 spiro atoms. The van der Waals surface area contributed by atoms with Crippen molar-refractivity contribution >= 4 is 11.9 Å². The van der Waals surface area contributed by atoms with Crippen LogP contribution in [-0.4, -0.2) is 22.5 Å². The number of amides is 1. The summed E-state index contributed by atoms with van der Waals surface area (Å²) in [5, 5.41) is 12.1. The normalized spacial score (nSPS) is 25.7. The lowest BCUT2D eigenvalue weighted by atomic mass is 9.73. The number of benzene rings is 1. The van der Waals surface area contributed by atoms with Crippen LogP contribution in [0.5, 0.6) is 0 Å². The standard InChI is InChI=1S/C17H21F2NO3/c1-10(14-12(18)7-5-8-13(14)19)15(21)20-17(2)9-4-3-6-11(17)16(22)23/h5,7-8,10-11H,3-4,6,9H2,1-2H3,(H,20,21)(H,22,23). The fraction of sp³-hybridized carbons (Fsp3) is 0.529. The lowest BCUT2D eigenvalue weighted by Gasteiger charge is -2.40. The van der Waals surface area contributed by atoms with Crippen molar-refractivity contribution in [3.8, 4) is 0 Å². The van der Waals surface area contributed by atoms with Gasteiger partial charge in [-0.15, -0.1) is 0 Å². The molecule has 1 saturated carbocycles. The summed E-state index contributed by atoms with van der Waals surface area (Å²) >= 11 is 0. The second-order valence-corrected chi connectivity index (χ2v) is 6.40. The van der Waals surface area contributed by atoms with Gasteiger partial charge in [-0.1, -0.05) is 18.9 Å². The van der Waals surface area contributed by atoms with E-state index in [1.54, 1.807) is 6.92 Å². The summed E-state index contributed by atoms with van der Waals surface area (Å²) < 4.78 is 27.7. The molecule has 1 aromatic carbocycles. The van der Waals surface area contributed by atoms with Gasteiger partial charge in [0.1, 0.15) is 11.6 Å². The van der Waals surface area contributed by atoms with E-state index in [9.17, 15) is 23.5 Å². The van der Waals surface area contributed by atoms with Gasteiger partial charge in [-0.25, -0.2) is 8.78 Å². The molecule has 0 saturated heterocycles. The molecule has 1 amide bonds. The second-order valence-electron chi connectivity index (χ2n) is 6.40. The summed E-state index contributed by atoms with van der Waals surface area (Å²) in [7, 11) is 0. The first-order valence-corrected chi connectivity index (χ1v) is 7.75. The third-order valence-electron chi connectivity index (χ3n) is 4.74. The maximum absolute atomic E-state index is 13.8. The Kier molecular flexibility index (Phi) is 5.02. The Morgan fingerprint density at radius 3 is 2.48 bits per heavy atom. The number of rotatable bonds is 4. The van der Waals surface area contributed by atoms with Crippen molar-refractivity contribution in [2.24, 2.45) is 5.92 Å². The second kappa shape index (κ2) is 6.64. The van der Waals surface area contributed by atoms with Crippen LogP contribution in [0.1, 0.15) is 51.0 Å². The van der Waals surface area contributed by atoms with E-state index in [-0.39, 0.29) is 5.56 Å². The maximum atomic E-state index is 13.8. The molecule has 126 valence electrons. The Morgan fingerprint density at radius 1 is 1.30 bits per heavy atom. The van der Waals surface area contributed by atoms with Crippen LogP contribution in [-0.2, 0) is 9.59 Å². The van der Waals surface area contributed by atoms with Gasteiger partial charge in [0, 0.05) is 5.56 Å². The first-order chi connectivity index (χ1) is 10.8. The molecule has 0 bridgehead atoms. The number of nitrogens with one attached hydrogen (secondary N) is 1. The molecule has 0 aliphatic heterocycles. The highest BCUT2D eigenvalue weighted by Gasteiger charge is 2.43. The molecule has 1 aliphatic rings. The van der Waals surface area contributed by atoms with Crippen LogP contribution in [0.3, 0.4) is 0 Å². The molecule has 2 N–H and O–H groups in total. The van der Waals surface area contributed by atoms with Gasteiger partial charge in [0.05, 0.1) is 17.4 Å². The predicted octanol–water partition coefficient (Wildman–Crippen LogP) is 3.22. The van der Waals surface area contributed by atoms with Crippen molar-refractivity contribution < 1.29 is 23.5 Å². The molecule has 0 aromatic heterocycles. The van der Waals surface area contributed by atoms with E-state index in [0.29, 0.717) is 12.8 Å². The van der Waals surface area contributed by atoms with Gasteiger partial charge >= 0.3 is 5.97 Å². The van der Waals surface area contributed by atoms with Gasteiger partial charge in [0.2, 0.25) is 5.91 Å². The highest BCUT2D eigenvalue weighted by Crippen LogP contribution is 2.35. The van der Waals surface area contributed by atoms with Crippen LogP contribution in [0.25, 0.3) is 0 Å². The topological polar surface area (TPSA) is 66.4 Å². The molecule has 1 aliphatic carbocycles. The van der Waals surface area contributed by atoms with Gasteiger partial charge in [-0.3, -0.25) is 9.59 Å². The highest BCUT2D eigenvalue weighted by atomic mass is 19.1. The van der Waals surface area contributed by atoms with Gasteiger partial charge in [0.15, 0.2) is 0 Å². The minimum Gasteiger partial charge on any atom is -0.481 e. The fourth-order valence-electron chi connectivity index (χ4n) is 3.32. The molecule has 3 atom stereocenters. The molecule has 23 heavy (non-hydrogen) atoms. The van der Waals surface area contributed by atoms with Gasteiger partial charge in [0.25, 0.3) is 0 Å². The smallest absolute Gasteiger partial charge is 0.308 e. The number of halogens is 2. The number of carbonyl (C=O) groups is 2. The quantitative estimate of drug-likeness (QED) is 0.893. The summed E-state index contributed by atoms with van der Waals surface area (Å²) in [6.45, 7) is 3.10. The van der Waals surface area contributed by atoms with Crippen molar-refractivity contribution in [1.82, 2.24) is 5.32 Å². The van der Waals surface area contributed by atoms with Crippen LogP contribution in [0.15, 0.2) is 18.2 Å². The van der Waals surface area contributed by atoms with Crippen LogP contribution in [0, 0.1) is 17.6 Å². The maximum Gasteiger partial charge on any atom is 0.308 e. The zero-order valence-corrected chi connectivity index (χ0v) is 13.2. The Bertz CT molecular complexity index is 600. The fourth-order valence-corrected chi connectivity index (χ4v) is 3.32. The lowest BCUT2D eigenvalue weighted by Crippen LogP contribution is -2.56. The number of hydrogen-bond acceptors (Lipinski definition) is 2. The third-order valence-corrected chi connectivity index (χ3v) is 4.74. The first kappa shape index (κ1) is 17.4. The Balaban J connectivity index is 2.21. The number of carboxylic acids is 1. The Morgan fingerprint density at radius 2 is 1.91 bits per heavy atom. The van der Waals surface area contributed by atoms with E-state index in [4.69, 9.17) is 0 Å². The van der Waals surface area contributed by atoms with E-state index < -0.39 is 40.9 Å². The number of aliphatic carboxylic acids is 1. The highest BCUT2D eigenvalue weighted by molar-refractivity contribution is 5.85.